The Morgan fingerprint density at radius 2 is 1.71 bits per heavy atom. The second-order valence-electron chi connectivity index (χ2n) is 4.90. The Morgan fingerprint density at radius 3 is 2.18 bits per heavy atom. The first-order valence-electron chi connectivity index (χ1n) is 5.71. The van der Waals surface area contributed by atoms with E-state index in [0.717, 1.165) is 34.3 Å². The zero-order valence-corrected chi connectivity index (χ0v) is 12.0. The summed E-state index contributed by atoms with van der Waals surface area (Å²) in [4.78, 5) is 8.90. The van der Waals surface area contributed by atoms with Crippen molar-refractivity contribution in [3.05, 3.63) is 17.0 Å². The first kappa shape index (κ1) is 14.0. The standard InChI is InChI=1S/C13H19N3S/c1-9-10(2)15-12(16-11(9)3)17-7-6-13(4,5)8-14/h6-7H2,1-5H3. The minimum Gasteiger partial charge on any atom is -0.228 e. The molecule has 0 N–H and O–H groups in total. The molecule has 0 spiro atoms. The van der Waals surface area contributed by atoms with Crippen LogP contribution < -0.4 is 0 Å². The van der Waals surface area contributed by atoms with Crippen LogP contribution in [-0.2, 0) is 0 Å². The Morgan fingerprint density at radius 1 is 1.18 bits per heavy atom. The summed E-state index contributed by atoms with van der Waals surface area (Å²) < 4.78 is 0. The molecule has 0 aliphatic heterocycles. The summed E-state index contributed by atoms with van der Waals surface area (Å²) in [5.74, 6) is 0.877. The maximum atomic E-state index is 8.93. The number of nitrogens with zero attached hydrogens (tertiary/aromatic N) is 3. The van der Waals surface area contributed by atoms with E-state index in [9.17, 15) is 0 Å². The van der Waals surface area contributed by atoms with E-state index < -0.39 is 0 Å². The fourth-order valence-electron chi connectivity index (χ4n) is 1.26. The van der Waals surface area contributed by atoms with Gasteiger partial charge >= 0.3 is 0 Å². The number of hydrogen-bond donors (Lipinski definition) is 0. The number of rotatable bonds is 4. The van der Waals surface area contributed by atoms with Gasteiger partial charge in [-0.1, -0.05) is 11.8 Å². The molecule has 1 aromatic rings. The minimum atomic E-state index is -0.262. The molecule has 0 bridgehead atoms. The van der Waals surface area contributed by atoms with Gasteiger partial charge in [0.1, 0.15) is 0 Å². The monoisotopic (exact) mass is 249 g/mol. The Labute approximate surface area is 108 Å². The quantitative estimate of drug-likeness (QED) is 0.606. The van der Waals surface area contributed by atoms with Crippen molar-refractivity contribution in [3.63, 3.8) is 0 Å². The second-order valence-corrected chi connectivity index (χ2v) is 5.96. The summed E-state index contributed by atoms with van der Waals surface area (Å²) in [5, 5.41) is 9.74. The van der Waals surface area contributed by atoms with E-state index in [0.29, 0.717) is 0 Å². The Balaban J connectivity index is 2.63. The normalized spacial score (nSPS) is 11.3. The van der Waals surface area contributed by atoms with Crippen LogP contribution in [0.15, 0.2) is 5.16 Å². The third-order valence-electron chi connectivity index (χ3n) is 2.87. The maximum absolute atomic E-state index is 8.93. The van der Waals surface area contributed by atoms with Crippen LogP contribution in [0.1, 0.15) is 37.2 Å². The van der Waals surface area contributed by atoms with Gasteiger partial charge in [0.05, 0.1) is 11.5 Å². The lowest BCUT2D eigenvalue weighted by Crippen LogP contribution is -2.09. The van der Waals surface area contributed by atoms with Crippen molar-refractivity contribution in [2.75, 3.05) is 5.75 Å². The Bertz CT molecular complexity index is 423. The van der Waals surface area contributed by atoms with E-state index in [1.165, 1.54) is 0 Å². The van der Waals surface area contributed by atoms with Gasteiger partial charge in [0, 0.05) is 17.1 Å². The maximum Gasteiger partial charge on any atom is 0.187 e. The first-order chi connectivity index (χ1) is 7.85. The summed E-state index contributed by atoms with van der Waals surface area (Å²) in [7, 11) is 0. The Kier molecular flexibility index (Phi) is 4.53. The lowest BCUT2D eigenvalue weighted by Gasteiger charge is -2.14. The molecule has 1 rings (SSSR count). The molecule has 1 heterocycles. The molecule has 0 atom stereocenters. The molecular weight excluding hydrogens is 230 g/mol. The molecule has 17 heavy (non-hydrogen) atoms. The van der Waals surface area contributed by atoms with Crippen LogP contribution in [0.5, 0.6) is 0 Å². The third-order valence-corrected chi connectivity index (χ3v) is 3.72. The van der Waals surface area contributed by atoms with Gasteiger partial charge in [0.2, 0.25) is 0 Å². The molecule has 0 saturated heterocycles. The largest absolute Gasteiger partial charge is 0.228 e. The summed E-state index contributed by atoms with van der Waals surface area (Å²) in [5.41, 5.74) is 2.98. The molecule has 0 radical (unpaired) electrons. The summed E-state index contributed by atoms with van der Waals surface area (Å²) >= 11 is 1.63. The fourth-order valence-corrected chi connectivity index (χ4v) is 2.46. The van der Waals surface area contributed by atoms with Crippen LogP contribution in [0.4, 0.5) is 0 Å². The predicted molar refractivity (Wildman–Crippen MR) is 71.0 cm³/mol. The van der Waals surface area contributed by atoms with Crippen molar-refractivity contribution >= 4 is 11.8 Å². The molecule has 3 nitrogen and oxygen atoms in total. The highest BCUT2D eigenvalue weighted by Crippen LogP contribution is 2.24. The van der Waals surface area contributed by atoms with Gasteiger partial charge < -0.3 is 0 Å². The van der Waals surface area contributed by atoms with E-state index in [1.807, 2.05) is 34.6 Å². The van der Waals surface area contributed by atoms with Crippen molar-refractivity contribution in [2.45, 2.75) is 46.2 Å². The van der Waals surface area contributed by atoms with E-state index >= 15 is 0 Å². The van der Waals surface area contributed by atoms with Crippen molar-refractivity contribution < 1.29 is 0 Å². The van der Waals surface area contributed by atoms with E-state index in [4.69, 9.17) is 5.26 Å². The van der Waals surface area contributed by atoms with E-state index in [1.54, 1.807) is 11.8 Å². The van der Waals surface area contributed by atoms with Crippen LogP contribution in [-0.4, -0.2) is 15.7 Å². The van der Waals surface area contributed by atoms with Gasteiger partial charge in [-0.25, -0.2) is 9.97 Å². The smallest absolute Gasteiger partial charge is 0.187 e. The average Bonchev–Trinajstić information content (AvgIpc) is 2.25. The minimum absolute atomic E-state index is 0.262. The van der Waals surface area contributed by atoms with Gasteiger partial charge in [-0.05, 0) is 46.6 Å². The zero-order valence-electron chi connectivity index (χ0n) is 11.2. The molecular formula is C13H19N3S. The summed E-state index contributed by atoms with van der Waals surface area (Å²) in [6.07, 6.45) is 0.851. The van der Waals surface area contributed by atoms with Crippen LogP contribution in [0.2, 0.25) is 0 Å². The van der Waals surface area contributed by atoms with Crippen LogP contribution >= 0.6 is 11.8 Å². The molecule has 1 aromatic heterocycles. The molecule has 0 aliphatic rings. The SMILES string of the molecule is Cc1nc(SCCC(C)(C)C#N)nc(C)c1C. The van der Waals surface area contributed by atoms with Gasteiger partial charge in [-0.2, -0.15) is 5.26 Å². The van der Waals surface area contributed by atoms with Gasteiger partial charge in [-0.15, -0.1) is 0 Å². The van der Waals surface area contributed by atoms with Crippen LogP contribution in [0, 0.1) is 37.5 Å². The van der Waals surface area contributed by atoms with Gasteiger partial charge in [0.25, 0.3) is 0 Å². The lowest BCUT2D eigenvalue weighted by atomic mass is 9.93. The molecule has 0 saturated carbocycles. The predicted octanol–water partition coefficient (Wildman–Crippen LogP) is 3.43. The molecule has 0 aliphatic carbocycles. The third kappa shape index (κ3) is 4.01. The number of aromatic nitrogens is 2. The molecule has 4 heteroatoms. The average molecular weight is 249 g/mol. The van der Waals surface area contributed by atoms with Crippen molar-refractivity contribution in [3.8, 4) is 6.07 Å². The highest BCUT2D eigenvalue weighted by Gasteiger charge is 2.16. The van der Waals surface area contributed by atoms with Crippen molar-refractivity contribution in [1.82, 2.24) is 9.97 Å². The highest BCUT2D eigenvalue weighted by atomic mass is 32.2. The van der Waals surface area contributed by atoms with E-state index in [2.05, 4.69) is 16.0 Å². The van der Waals surface area contributed by atoms with Gasteiger partial charge in [-0.3, -0.25) is 0 Å². The van der Waals surface area contributed by atoms with Crippen LogP contribution in [0.25, 0.3) is 0 Å². The van der Waals surface area contributed by atoms with Crippen molar-refractivity contribution in [1.29, 1.82) is 5.26 Å². The molecule has 0 unspecified atom stereocenters. The summed E-state index contributed by atoms with van der Waals surface area (Å²) in [6.45, 7) is 9.97. The molecule has 0 fully saturated rings. The zero-order chi connectivity index (χ0) is 13.1. The number of aryl methyl sites for hydroxylation is 2. The van der Waals surface area contributed by atoms with E-state index in [-0.39, 0.29) is 5.41 Å². The molecule has 0 aromatic carbocycles. The second kappa shape index (κ2) is 5.50. The highest BCUT2D eigenvalue weighted by molar-refractivity contribution is 7.99. The van der Waals surface area contributed by atoms with Crippen LogP contribution in [0.3, 0.4) is 0 Å². The Hall–Kier alpha value is -1.08. The lowest BCUT2D eigenvalue weighted by molar-refractivity contribution is 0.482. The first-order valence-corrected chi connectivity index (χ1v) is 6.70. The fraction of sp³-hybridized carbons (Fsp3) is 0.615. The van der Waals surface area contributed by atoms with Gasteiger partial charge in [0.15, 0.2) is 5.16 Å². The number of thioether (sulfide) groups is 1. The number of nitriles is 1. The summed E-state index contributed by atoms with van der Waals surface area (Å²) in [6, 6.07) is 2.31. The number of hydrogen-bond acceptors (Lipinski definition) is 4. The molecule has 92 valence electrons. The molecule has 0 amide bonds. The topological polar surface area (TPSA) is 49.6 Å². The van der Waals surface area contributed by atoms with Crippen molar-refractivity contribution in [2.24, 2.45) is 5.41 Å².